The van der Waals surface area contributed by atoms with Crippen LogP contribution in [-0.2, 0) is 11.3 Å². The Kier molecular flexibility index (Phi) is 6.86. The van der Waals surface area contributed by atoms with Crippen molar-refractivity contribution in [2.24, 2.45) is 0 Å². The van der Waals surface area contributed by atoms with Gasteiger partial charge in [0.25, 0.3) is 0 Å². The second-order valence-electron chi connectivity index (χ2n) is 8.05. The zero-order chi connectivity index (χ0) is 20.1. The molecule has 1 aliphatic rings. The first-order valence-corrected chi connectivity index (χ1v) is 10.3. The summed E-state index contributed by atoms with van der Waals surface area (Å²) in [5, 5.41) is 3.07. The van der Waals surface area contributed by atoms with Gasteiger partial charge in [-0.25, -0.2) is 4.98 Å². The number of nitrogens with one attached hydrogen (secondary N) is 1. The van der Waals surface area contributed by atoms with Crippen molar-refractivity contribution < 1.29 is 4.79 Å². The van der Waals surface area contributed by atoms with E-state index in [2.05, 4.69) is 64.6 Å². The van der Waals surface area contributed by atoms with E-state index in [4.69, 9.17) is 0 Å². The number of hydrogen-bond donors (Lipinski definition) is 1. The molecule has 1 N–H and O–H groups in total. The predicted octanol–water partition coefficient (Wildman–Crippen LogP) is 2.88. The van der Waals surface area contributed by atoms with Gasteiger partial charge in [-0.2, -0.15) is 0 Å². The third-order valence-corrected chi connectivity index (χ3v) is 5.63. The lowest BCUT2D eigenvalue weighted by molar-refractivity contribution is -0.117. The van der Waals surface area contributed by atoms with Crippen molar-refractivity contribution in [3.63, 3.8) is 0 Å². The Morgan fingerprint density at radius 3 is 2.54 bits per heavy atom. The van der Waals surface area contributed by atoms with E-state index in [9.17, 15) is 4.79 Å². The van der Waals surface area contributed by atoms with Crippen LogP contribution in [0.15, 0.2) is 30.6 Å². The second-order valence-corrected chi connectivity index (χ2v) is 8.05. The standard InChI is InChI=1S/C22H33N5O/c1-17(2)22-23-8-9-27(22)15-14-25-10-12-26(13-11-25)16-21(28)24-20-7-5-6-18(3)19(20)4/h5-9,17H,10-16H2,1-4H3,(H,24,28). The molecule has 6 nitrogen and oxygen atoms in total. The summed E-state index contributed by atoms with van der Waals surface area (Å²) in [6, 6.07) is 6.03. The van der Waals surface area contributed by atoms with Gasteiger partial charge in [-0.1, -0.05) is 26.0 Å². The SMILES string of the molecule is Cc1cccc(NC(=O)CN2CCN(CCn3ccnc3C(C)C)CC2)c1C. The van der Waals surface area contributed by atoms with Gasteiger partial charge in [0, 0.05) is 63.3 Å². The van der Waals surface area contributed by atoms with Crippen molar-refractivity contribution in [3.8, 4) is 0 Å². The smallest absolute Gasteiger partial charge is 0.238 e. The lowest BCUT2D eigenvalue weighted by Crippen LogP contribution is -2.49. The maximum atomic E-state index is 12.4. The van der Waals surface area contributed by atoms with E-state index in [1.165, 1.54) is 5.56 Å². The largest absolute Gasteiger partial charge is 0.333 e. The average molecular weight is 384 g/mol. The molecule has 0 spiro atoms. The van der Waals surface area contributed by atoms with E-state index in [0.29, 0.717) is 12.5 Å². The van der Waals surface area contributed by atoms with Crippen LogP contribution in [-0.4, -0.2) is 64.5 Å². The Balaban J connectivity index is 1.42. The van der Waals surface area contributed by atoms with Crippen LogP contribution in [0.3, 0.4) is 0 Å². The van der Waals surface area contributed by atoms with Crippen LogP contribution >= 0.6 is 0 Å². The van der Waals surface area contributed by atoms with Crippen LogP contribution in [0.25, 0.3) is 0 Å². The fourth-order valence-electron chi connectivity index (χ4n) is 3.71. The maximum absolute atomic E-state index is 12.4. The summed E-state index contributed by atoms with van der Waals surface area (Å²) in [6.07, 6.45) is 3.96. The van der Waals surface area contributed by atoms with Gasteiger partial charge in [0.2, 0.25) is 5.91 Å². The van der Waals surface area contributed by atoms with Crippen molar-refractivity contribution in [1.29, 1.82) is 0 Å². The molecule has 1 aromatic carbocycles. The van der Waals surface area contributed by atoms with E-state index >= 15 is 0 Å². The molecule has 6 heteroatoms. The number of rotatable bonds is 7. The number of aryl methyl sites for hydroxylation is 1. The van der Waals surface area contributed by atoms with Gasteiger partial charge in [-0.15, -0.1) is 0 Å². The Labute approximate surface area is 168 Å². The van der Waals surface area contributed by atoms with Gasteiger partial charge in [0.15, 0.2) is 0 Å². The number of piperazine rings is 1. The molecule has 1 fully saturated rings. The van der Waals surface area contributed by atoms with Crippen LogP contribution in [0.1, 0.15) is 36.7 Å². The van der Waals surface area contributed by atoms with Crippen LogP contribution in [0, 0.1) is 13.8 Å². The average Bonchev–Trinajstić information content (AvgIpc) is 3.14. The van der Waals surface area contributed by atoms with Crippen LogP contribution in [0.5, 0.6) is 0 Å². The fourth-order valence-corrected chi connectivity index (χ4v) is 3.71. The van der Waals surface area contributed by atoms with Gasteiger partial charge in [-0.3, -0.25) is 14.6 Å². The number of nitrogens with zero attached hydrogens (tertiary/aromatic N) is 4. The molecule has 1 amide bonds. The van der Waals surface area contributed by atoms with E-state index in [1.807, 2.05) is 18.3 Å². The van der Waals surface area contributed by atoms with E-state index < -0.39 is 0 Å². The number of carbonyl (C=O) groups excluding carboxylic acids is 1. The van der Waals surface area contributed by atoms with Crippen molar-refractivity contribution in [2.75, 3.05) is 44.6 Å². The third-order valence-electron chi connectivity index (χ3n) is 5.63. The van der Waals surface area contributed by atoms with E-state index in [0.717, 1.165) is 56.3 Å². The molecule has 1 aromatic heterocycles. The number of anilines is 1. The summed E-state index contributed by atoms with van der Waals surface area (Å²) in [7, 11) is 0. The molecule has 0 unspecified atom stereocenters. The summed E-state index contributed by atoms with van der Waals surface area (Å²) in [5.74, 6) is 1.67. The molecule has 3 rings (SSSR count). The molecule has 28 heavy (non-hydrogen) atoms. The molecule has 0 bridgehead atoms. The van der Waals surface area contributed by atoms with Crippen LogP contribution < -0.4 is 5.32 Å². The zero-order valence-electron chi connectivity index (χ0n) is 17.6. The quantitative estimate of drug-likeness (QED) is 0.799. The van der Waals surface area contributed by atoms with Gasteiger partial charge < -0.3 is 9.88 Å². The number of aromatic nitrogens is 2. The van der Waals surface area contributed by atoms with E-state index in [1.54, 1.807) is 0 Å². The molecule has 2 heterocycles. The first-order valence-electron chi connectivity index (χ1n) is 10.3. The zero-order valence-corrected chi connectivity index (χ0v) is 17.6. The summed E-state index contributed by atoms with van der Waals surface area (Å²) in [4.78, 5) is 21.6. The Morgan fingerprint density at radius 1 is 1.11 bits per heavy atom. The summed E-state index contributed by atoms with van der Waals surface area (Å²) < 4.78 is 2.26. The van der Waals surface area contributed by atoms with Crippen LogP contribution in [0.2, 0.25) is 0 Å². The summed E-state index contributed by atoms with van der Waals surface area (Å²) >= 11 is 0. The van der Waals surface area contributed by atoms with Crippen molar-refractivity contribution in [2.45, 2.75) is 40.2 Å². The molecule has 0 radical (unpaired) electrons. The first-order chi connectivity index (χ1) is 13.4. The molecule has 2 aromatic rings. The normalized spacial score (nSPS) is 15.9. The molecular weight excluding hydrogens is 350 g/mol. The molecule has 0 aliphatic carbocycles. The summed E-state index contributed by atoms with van der Waals surface area (Å²) in [5.41, 5.74) is 3.26. The van der Waals surface area contributed by atoms with Gasteiger partial charge in [0.05, 0.1) is 6.54 Å². The highest BCUT2D eigenvalue weighted by molar-refractivity contribution is 5.93. The van der Waals surface area contributed by atoms with Crippen molar-refractivity contribution >= 4 is 11.6 Å². The molecule has 1 aliphatic heterocycles. The Bertz CT molecular complexity index is 790. The minimum absolute atomic E-state index is 0.0714. The fraction of sp³-hybridized carbons (Fsp3) is 0.545. The number of hydrogen-bond acceptors (Lipinski definition) is 4. The maximum Gasteiger partial charge on any atom is 0.238 e. The van der Waals surface area contributed by atoms with E-state index in [-0.39, 0.29) is 5.91 Å². The first kappa shape index (κ1) is 20.6. The Hall–Kier alpha value is -2.18. The van der Waals surface area contributed by atoms with Gasteiger partial charge in [-0.05, 0) is 31.0 Å². The topological polar surface area (TPSA) is 53.4 Å². The molecular formula is C22H33N5O. The molecule has 0 saturated carbocycles. The van der Waals surface area contributed by atoms with Crippen molar-refractivity contribution in [1.82, 2.24) is 19.4 Å². The van der Waals surface area contributed by atoms with Gasteiger partial charge in [0.1, 0.15) is 5.82 Å². The minimum atomic E-state index is 0.0714. The third kappa shape index (κ3) is 5.20. The lowest BCUT2D eigenvalue weighted by Gasteiger charge is -2.34. The number of carbonyl (C=O) groups is 1. The molecule has 1 saturated heterocycles. The second kappa shape index (κ2) is 9.34. The van der Waals surface area contributed by atoms with Crippen molar-refractivity contribution in [3.05, 3.63) is 47.5 Å². The minimum Gasteiger partial charge on any atom is -0.333 e. The number of imidazole rings is 1. The molecule has 152 valence electrons. The molecule has 0 atom stereocenters. The highest BCUT2D eigenvalue weighted by Crippen LogP contribution is 2.18. The monoisotopic (exact) mass is 383 g/mol. The van der Waals surface area contributed by atoms with Gasteiger partial charge >= 0.3 is 0 Å². The van der Waals surface area contributed by atoms with Crippen LogP contribution in [0.4, 0.5) is 5.69 Å². The number of amides is 1. The highest BCUT2D eigenvalue weighted by Gasteiger charge is 2.19. The highest BCUT2D eigenvalue weighted by atomic mass is 16.2. The number of benzene rings is 1. The Morgan fingerprint density at radius 2 is 1.82 bits per heavy atom. The summed E-state index contributed by atoms with van der Waals surface area (Å²) in [6.45, 7) is 14.8. The lowest BCUT2D eigenvalue weighted by atomic mass is 10.1. The predicted molar refractivity (Wildman–Crippen MR) is 114 cm³/mol.